The minimum absolute atomic E-state index is 0.715. The molecule has 2 nitrogen and oxygen atoms in total. The number of hydrogen-bond donors (Lipinski definition) is 0. The van der Waals surface area contributed by atoms with Crippen LogP contribution in [0, 0.1) is 20.8 Å². The minimum Gasteiger partial charge on any atom is -0.313 e. The Labute approximate surface area is 118 Å². The van der Waals surface area contributed by atoms with E-state index >= 15 is 0 Å². The number of pyridine rings is 1. The number of aldehydes is 1. The van der Waals surface area contributed by atoms with Gasteiger partial charge in [-0.2, -0.15) is 0 Å². The van der Waals surface area contributed by atoms with Crippen molar-refractivity contribution < 1.29 is 4.79 Å². The van der Waals surface area contributed by atoms with E-state index in [1.54, 1.807) is 0 Å². The molecule has 0 bridgehead atoms. The predicted molar refractivity (Wildman–Crippen MR) is 82.4 cm³/mol. The lowest BCUT2D eigenvalue weighted by Gasteiger charge is -2.05. The second kappa shape index (κ2) is 4.64. The van der Waals surface area contributed by atoms with Crippen LogP contribution in [-0.2, 0) is 0 Å². The molecule has 0 aliphatic rings. The van der Waals surface area contributed by atoms with Crippen LogP contribution in [0.25, 0.3) is 16.6 Å². The van der Waals surface area contributed by atoms with E-state index in [2.05, 4.69) is 44.2 Å². The number of fused-ring (bicyclic) bond motifs is 1. The van der Waals surface area contributed by atoms with Crippen molar-refractivity contribution in [3.05, 3.63) is 65.0 Å². The van der Waals surface area contributed by atoms with Gasteiger partial charge < -0.3 is 4.40 Å². The molecule has 20 heavy (non-hydrogen) atoms. The maximum atomic E-state index is 11.5. The molecule has 0 atom stereocenters. The van der Waals surface area contributed by atoms with Gasteiger partial charge in [0.05, 0.1) is 5.69 Å². The molecule has 0 spiro atoms. The van der Waals surface area contributed by atoms with Crippen LogP contribution < -0.4 is 0 Å². The Morgan fingerprint density at radius 3 is 2.45 bits per heavy atom. The number of carbonyl (C=O) groups is 1. The highest BCUT2D eigenvalue weighted by Crippen LogP contribution is 2.28. The summed E-state index contributed by atoms with van der Waals surface area (Å²) in [4.78, 5) is 11.5. The number of nitrogens with zero attached hydrogens (tertiary/aromatic N) is 1. The first-order valence-corrected chi connectivity index (χ1v) is 6.74. The summed E-state index contributed by atoms with van der Waals surface area (Å²) in [5.41, 5.74) is 7.50. The highest BCUT2D eigenvalue weighted by molar-refractivity contribution is 5.90. The van der Waals surface area contributed by atoms with E-state index in [1.165, 1.54) is 11.1 Å². The van der Waals surface area contributed by atoms with Gasteiger partial charge in [-0.1, -0.05) is 24.3 Å². The third-order valence-corrected chi connectivity index (χ3v) is 3.89. The van der Waals surface area contributed by atoms with Gasteiger partial charge in [0.2, 0.25) is 0 Å². The molecule has 0 unspecified atom stereocenters. The van der Waals surface area contributed by atoms with Crippen molar-refractivity contribution >= 4 is 11.8 Å². The fraction of sp³-hybridized carbons (Fsp3) is 0.167. The maximum Gasteiger partial charge on any atom is 0.167 e. The molecule has 0 aliphatic heterocycles. The summed E-state index contributed by atoms with van der Waals surface area (Å²) >= 11 is 0. The quantitative estimate of drug-likeness (QED) is 0.630. The summed E-state index contributed by atoms with van der Waals surface area (Å²) in [7, 11) is 0. The normalized spacial score (nSPS) is 10.9. The fourth-order valence-corrected chi connectivity index (χ4v) is 2.56. The van der Waals surface area contributed by atoms with E-state index in [9.17, 15) is 4.79 Å². The average Bonchev–Trinajstić information content (AvgIpc) is 2.79. The second-order valence-electron chi connectivity index (χ2n) is 5.36. The Bertz CT molecular complexity index is 812. The van der Waals surface area contributed by atoms with Crippen LogP contribution in [0.5, 0.6) is 0 Å². The monoisotopic (exact) mass is 263 g/mol. The zero-order valence-corrected chi connectivity index (χ0v) is 12.0. The summed E-state index contributed by atoms with van der Waals surface area (Å²) in [5.74, 6) is 0. The molecule has 0 N–H and O–H groups in total. The van der Waals surface area contributed by atoms with Gasteiger partial charge >= 0.3 is 0 Å². The summed E-state index contributed by atoms with van der Waals surface area (Å²) in [6, 6.07) is 12.5. The van der Waals surface area contributed by atoms with Gasteiger partial charge in [-0.15, -0.1) is 0 Å². The number of carbonyl (C=O) groups excluding carboxylic acids is 1. The molecule has 0 saturated carbocycles. The Morgan fingerprint density at radius 1 is 0.950 bits per heavy atom. The van der Waals surface area contributed by atoms with Crippen LogP contribution in [0.1, 0.15) is 27.2 Å². The lowest BCUT2D eigenvalue weighted by Crippen LogP contribution is -1.93. The molecule has 2 heterocycles. The molecule has 2 aromatic heterocycles. The first kappa shape index (κ1) is 12.7. The first-order valence-electron chi connectivity index (χ1n) is 6.74. The molecule has 100 valence electrons. The molecule has 0 radical (unpaired) electrons. The molecule has 0 fully saturated rings. The minimum atomic E-state index is 0.715. The number of aromatic nitrogens is 1. The van der Waals surface area contributed by atoms with Gasteiger partial charge in [0.15, 0.2) is 6.29 Å². The van der Waals surface area contributed by atoms with Crippen LogP contribution in [0.2, 0.25) is 0 Å². The van der Waals surface area contributed by atoms with Crippen LogP contribution >= 0.6 is 0 Å². The Hall–Kier alpha value is -2.35. The van der Waals surface area contributed by atoms with E-state index in [1.807, 2.05) is 23.6 Å². The van der Waals surface area contributed by atoms with E-state index in [0.717, 1.165) is 28.5 Å². The Morgan fingerprint density at radius 2 is 1.75 bits per heavy atom. The molecular weight excluding hydrogens is 246 g/mol. The van der Waals surface area contributed by atoms with Gasteiger partial charge in [0, 0.05) is 17.3 Å². The van der Waals surface area contributed by atoms with E-state index < -0.39 is 0 Å². The fourth-order valence-electron chi connectivity index (χ4n) is 2.56. The van der Waals surface area contributed by atoms with E-state index in [-0.39, 0.29) is 0 Å². The molecule has 0 aliphatic carbocycles. The van der Waals surface area contributed by atoms with E-state index in [0.29, 0.717) is 5.69 Å². The molecule has 3 rings (SSSR count). The lowest BCUT2D eigenvalue weighted by molar-refractivity contribution is 0.111. The first-order chi connectivity index (χ1) is 9.60. The average molecular weight is 263 g/mol. The number of hydrogen-bond acceptors (Lipinski definition) is 1. The highest BCUT2D eigenvalue weighted by atomic mass is 16.1. The topological polar surface area (TPSA) is 21.5 Å². The molecule has 2 heteroatoms. The zero-order chi connectivity index (χ0) is 14.3. The Balaban J connectivity index is 2.30. The second-order valence-corrected chi connectivity index (χ2v) is 5.36. The van der Waals surface area contributed by atoms with Gasteiger partial charge in [0.1, 0.15) is 0 Å². The van der Waals surface area contributed by atoms with Gasteiger partial charge in [0.25, 0.3) is 0 Å². The lowest BCUT2D eigenvalue weighted by atomic mass is 10.0. The number of benzene rings is 1. The van der Waals surface area contributed by atoms with Crippen LogP contribution in [0.3, 0.4) is 0 Å². The maximum absolute atomic E-state index is 11.5. The standard InChI is InChI=1S/C18H17NO/c1-12-4-7-16-9-17(18(11-20)19(16)10-12)15-6-5-13(2)14(3)8-15/h4-11H,1-3H3. The number of rotatable bonds is 2. The smallest absolute Gasteiger partial charge is 0.167 e. The molecular formula is C18H17NO. The summed E-state index contributed by atoms with van der Waals surface area (Å²) in [6.07, 6.45) is 2.95. The molecule has 3 aromatic rings. The Kier molecular flexibility index (Phi) is 2.94. The summed E-state index contributed by atoms with van der Waals surface area (Å²) in [6.45, 7) is 6.22. The van der Waals surface area contributed by atoms with E-state index in [4.69, 9.17) is 0 Å². The molecule has 1 aromatic carbocycles. The van der Waals surface area contributed by atoms with Gasteiger partial charge in [-0.3, -0.25) is 4.79 Å². The zero-order valence-electron chi connectivity index (χ0n) is 12.0. The van der Waals surface area contributed by atoms with Gasteiger partial charge in [-0.25, -0.2) is 0 Å². The van der Waals surface area contributed by atoms with Crippen molar-refractivity contribution in [3.8, 4) is 11.1 Å². The third-order valence-electron chi connectivity index (χ3n) is 3.89. The van der Waals surface area contributed by atoms with Gasteiger partial charge in [-0.05, 0) is 55.2 Å². The predicted octanol–water partition coefficient (Wildman–Crippen LogP) is 4.34. The van der Waals surface area contributed by atoms with Crippen molar-refractivity contribution in [3.63, 3.8) is 0 Å². The van der Waals surface area contributed by atoms with Crippen LogP contribution in [0.4, 0.5) is 0 Å². The van der Waals surface area contributed by atoms with Crippen LogP contribution in [-0.4, -0.2) is 10.7 Å². The van der Waals surface area contributed by atoms with Crippen molar-refractivity contribution in [2.75, 3.05) is 0 Å². The van der Waals surface area contributed by atoms with Crippen molar-refractivity contribution in [1.29, 1.82) is 0 Å². The SMILES string of the molecule is Cc1ccc2cc(-c3ccc(C)c(C)c3)c(C=O)n2c1. The van der Waals surface area contributed by atoms with Crippen LogP contribution in [0.15, 0.2) is 42.6 Å². The molecule has 0 amide bonds. The van der Waals surface area contributed by atoms with Crippen molar-refractivity contribution in [2.24, 2.45) is 0 Å². The molecule has 0 saturated heterocycles. The number of aryl methyl sites for hydroxylation is 3. The summed E-state index contributed by atoms with van der Waals surface area (Å²) < 4.78 is 1.97. The summed E-state index contributed by atoms with van der Waals surface area (Å²) in [5, 5.41) is 0. The van der Waals surface area contributed by atoms with Crippen molar-refractivity contribution in [1.82, 2.24) is 4.40 Å². The largest absolute Gasteiger partial charge is 0.313 e. The van der Waals surface area contributed by atoms with Crippen molar-refractivity contribution in [2.45, 2.75) is 20.8 Å². The third kappa shape index (κ3) is 1.94. The highest BCUT2D eigenvalue weighted by Gasteiger charge is 2.12.